The van der Waals surface area contributed by atoms with Crippen LogP contribution >= 0.6 is 0 Å². The van der Waals surface area contributed by atoms with Gasteiger partial charge >= 0.3 is 0 Å². The van der Waals surface area contributed by atoms with E-state index in [1.54, 1.807) is 13.0 Å². The zero-order chi connectivity index (χ0) is 14.7. The van der Waals surface area contributed by atoms with Gasteiger partial charge in [0.1, 0.15) is 0 Å². The molecule has 1 aliphatic heterocycles. The summed E-state index contributed by atoms with van der Waals surface area (Å²) in [6.07, 6.45) is 3.67. The summed E-state index contributed by atoms with van der Waals surface area (Å²) in [5.74, 6) is 0. The minimum atomic E-state index is -0.315. The smallest absolute Gasteiger partial charge is 0.258 e. The van der Waals surface area contributed by atoms with Crippen LogP contribution in [0.4, 0.5) is 5.69 Å². The molecule has 0 spiro atoms. The molecule has 0 amide bonds. The van der Waals surface area contributed by atoms with Crippen LogP contribution in [0.3, 0.4) is 0 Å². The zero-order valence-corrected chi connectivity index (χ0v) is 12.4. The van der Waals surface area contributed by atoms with Crippen molar-refractivity contribution in [1.29, 1.82) is 0 Å². The molecule has 1 saturated heterocycles. The van der Waals surface area contributed by atoms with Crippen LogP contribution in [0, 0.1) is 17.0 Å². The second-order valence-corrected chi connectivity index (χ2v) is 5.75. The summed E-state index contributed by atoms with van der Waals surface area (Å²) in [5, 5.41) is 13.2. The largest absolute Gasteiger partial charge is 0.272 e. The average Bonchev–Trinajstić information content (AvgIpc) is 2.39. The van der Waals surface area contributed by atoms with Gasteiger partial charge in [-0.25, -0.2) is 5.01 Å². The number of nitrogens with zero attached hydrogens (tertiary/aromatic N) is 2. The van der Waals surface area contributed by atoms with Crippen molar-refractivity contribution in [3.63, 3.8) is 0 Å². The maximum Gasteiger partial charge on any atom is 0.272 e. The molecule has 2 atom stereocenters. The zero-order valence-electron chi connectivity index (χ0n) is 12.4. The molecule has 1 N–H and O–H groups in total. The lowest BCUT2D eigenvalue weighted by Crippen LogP contribution is -2.51. The quantitative estimate of drug-likeness (QED) is 0.678. The van der Waals surface area contributed by atoms with Crippen LogP contribution in [-0.4, -0.2) is 22.0 Å². The van der Waals surface area contributed by atoms with Crippen LogP contribution in [0.15, 0.2) is 18.2 Å². The van der Waals surface area contributed by atoms with Crippen molar-refractivity contribution in [2.45, 2.75) is 58.7 Å². The van der Waals surface area contributed by atoms with Crippen LogP contribution in [-0.2, 0) is 6.54 Å². The highest BCUT2D eigenvalue weighted by molar-refractivity contribution is 5.42. The third-order valence-corrected chi connectivity index (χ3v) is 4.13. The molecule has 1 aromatic carbocycles. The maximum atomic E-state index is 11.0. The molecular weight excluding hydrogens is 254 g/mol. The van der Waals surface area contributed by atoms with Gasteiger partial charge in [-0.05, 0) is 39.2 Å². The van der Waals surface area contributed by atoms with E-state index < -0.39 is 0 Å². The summed E-state index contributed by atoms with van der Waals surface area (Å²) in [6.45, 7) is 6.85. The van der Waals surface area contributed by atoms with Crippen LogP contribution in [0.2, 0.25) is 0 Å². The summed E-state index contributed by atoms with van der Waals surface area (Å²) < 4.78 is 0. The highest BCUT2D eigenvalue weighted by atomic mass is 16.6. The number of hydrogen-bond donors (Lipinski definition) is 1. The van der Waals surface area contributed by atoms with Gasteiger partial charge in [-0.2, -0.15) is 0 Å². The molecular formula is C15H23N3O2. The Bertz CT molecular complexity index is 480. The van der Waals surface area contributed by atoms with Crippen molar-refractivity contribution < 1.29 is 4.92 Å². The fourth-order valence-corrected chi connectivity index (χ4v) is 2.88. The SMILES string of the molecule is Cc1ccc(CNN2C(C)CCCC2C)cc1[N+](=O)[O-]. The van der Waals surface area contributed by atoms with E-state index >= 15 is 0 Å². The number of rotatable bonds is 4. The highest BCUT2D eigenvalue weighted by Crippen LogP contribution is 2.22. The van der Waals surface area contributed by atoms with Gasteiger partial charge in [-0.3, -0.25) is 15.5 Å². The van der Waals surface area contributed by atoms with Gasteiger partial charge in [0.15, 0.2) is 0 Å². The summed E-state index contributed by atoms with van der Waals surface area (Å²) in [6, 6.07) is 6.47. The molecule has 0 aromatic heterocycles. The summed E-state index contributed by atoms with van der Waals surface area (Å²) in [7, 11) is 0. The molecule has 1 heterocycles. The lowest BCUT2D eigenvalue weighted by atomic mass is 10.00. The maximum absolute atomic E-state index is 11.0. The number of benzene rings is 1. The van der Waals surface area contributed by atoms with E-state index in [1.807, 2.05) is 12.1 Å². The molecule has 110 valence electrons. The molecule has 0 aliphatic carbocycles. The van der Waals surface area contributed by atoms with Crippen LogP contribution in [0.1, 0.15) is 44.2 Å². The second-order valence-electron chi connectivity index (χ2n) is 5.75. The molecule has 0 bridgehead atoms. The molecule has 5 nitrogen and oxygen atoms in total. The predicted octanol–water partition coefficient (Wildman–Crippen LogP) is 3.17. The Balaban J connectivity index is 2.03. The van der Waals surface area contributed by atoms with Gasteiger partial charge in [0.05, 0.1) is 4.92 Å². The van der Waals surface area contributed by atoms with Gasteiger partial charge in [0, 0.05) is 30.3 Å². The van der Waals surface area contributed by atoms with Crippen LogP contribution < -0.4 is 5.43 Å². The number of nitrogens with one attached hydrogen (secondary N) is 1. The summed E-state index contributed by atoms with van der Waals surface area (Å²) in [5.41, 5.74) is 5.29. The Labute approximate surface area is 120 Å². The number of nitro groups is 1. The lowest BCUT2D eigenvalue weighted by molar-refractivity contribution is -0.385. The highest BCUT2D eigenvalue weighted by Gasteiger charge is 2.24. The van der Waals surface area contributed by atoms with Crippen molar-refractivity contribution in [2.75, 3.05) is 0 Å². The Morgan fingerprint density at radius 3 is 2.60 bits per heavy atom. The van der Waals surface area contributed by atoms with Crippen molar-refractivity contribution in [2.24, 2.45) is 0 Å². The van der Waals surface area contributed by atoms with Gasteiger partial charge in [0.25, 0.3) is 5.69 Å². The minimum absolute atomic E-state index is 0.198. The third kappa shape index (κ3) is 3.35. The van der Waals surface area contributed by atoms with E-state index in [4.69, 9.17) is 0 Å². The van der Waals surface area contributed by atoms with E-state index in [0.717, 1.165) is 5.56 Å². The van der Waals surface area contributed by atoms with Gasteiger partial charge in [-0.15, -0.1) is 0 Å². The molecule has 0 radical (unpaired) electrons. The van der Waals surface area contributed by atoms with Crippen molar-refractivity contribution >= 4 is 5.69 Å². The van der Waals surface area contributed by atoms with Crippen LogP contribution in [0.25, 0.3) is 0 Å². The molecule has 1 aromatic rings. The number of hydrazine groups is 1. The van der Waals surface area contributed by atoms with Gasteiger partial charge < -0.3 is 0 Å². The molecule has 1 fully saturated rings. The summed E-state index contributed by atoms with van der Waals surface area (Å²) in [4.78, 5) is 10.6. The summed E-state index contributed by atoms with van der Waals surface area (Å²) >= 11 is 0. The predicted molar refractivity (Wildman–Crippen MR) is 79.3 cm³/mol. The molecule has 5 heteroatoms. The first-order valence-corrected chi connectivity index (χ1v) is 7.25. The van der Waals surface area contributed by atoms with E-state index in [0.29, 0.717) is 24.2 Å². The standard InChI is InChI=1S/C15H23N3O2/c1-11-7-8-14(9-15(11)18(19)20)10-16-17-12(2)5-4-6-13(17)3/h7-9,12-13,16H,4-6,10H2,1-3H3. The third-order valence-electron chi connectivity index (χ3n) is 4.13. The van der Waals surface area contributed by atoms with E-state index in [2.05, 4.69) is 24.3 Å². The van der Waals surface area contributed by atoms with Crippen molar-refractivity contribution in [3.05, 3.63) is 39.4 Å². The Kier molecular flexibility index (Phi) is 4.73. The number of aryl methyl sites for hydroxylation is 1. The van der Waals surface area contributed by atoms with Gasteiger partial charge in [-0.1, -0.05) is 18.6 Å². The van der Waals surface area contributed by atoms with Gasteiger partial charge in [0.2, 0.25) is 0 Å². The number of piperidine rings is 1. The Morgan fingerprint density at radius 2 is 2.00 bits per heavy atom. The Hall–Kier alpha value is -1.46. The first kappa shape index (κ1) is 14.9. The molecule has 1 aliphatic rings. The van der Waals surface area contributed by atoms with Crippen molar-refractivity contribution in [1.82, 2.24) is 10.4 Å². The number of nitro benzene ring substituents is 1. The van der Waals surface area contributed by atoms with Crippen LogP contribution in [0.5, 0.6) is 0 Å². The normalized spacial score (nSPS) is 23.8. The molecule has 2 rings (SSSR count). The number of hydrogen-bond acceptors (Lipinski definition) is 4. The minimum Gasteiger partial charge on any atom is -0.258 e. The lowest BCUT2D eigenvalue weighted by Gasteiger charge is -2.39. The topological polar surface area (TPSA) is 58.4 Å². The van der Waals surface area contributed by atoms with E-state index in [-0.39, 0.29) is 10.6 Å². The average molecular weight is 277 g/mol. The fraction of sp³-hybridized carbons (Fsp3) is 0.600. The second kappa shape index (κ2) is 6.33. The monoisotopic (exact) mass is 277 g/mol. The first-order chi connectivity index (χ1) is 9.49. The Morgan fingerprint density at radius 1 is 1.35 bits per heavy atom. The van der Waals surface area contributed by atoms with E-state index in [1.165, 1.54) is 19.3 Å². The molecule has 20 heavy (non-hydrogen) atoms. The molecule has 2 unspecified atom stereocenters. The van der Waals surface area contributed by atoms with Crippen molar-refractivity contribution in [3.8, 4) is 0 Å². The fourth-order valence-electron chi connectivity index (χ4n) is 2.88. The first-order valence-electron chi connectivity index (χ1n) is 7.25. The van der Waals surface area contributed by atoms with E-state index in [9.17, 15) is 10.1 Å². The molecule has 0 saturated carbocycles.